The van der Waals surface area contributed by atoms with Gasteiger partial charge in [-0.15, -0.1) is 10.2 Å². The fourth-order valence-corrected chi connectivity index (χ4v) is 4.98. The van der Waals surface area contributed by atoms with Gasteiger partial charge in [-0.05, 0) is 62.1 Å². The molecule has 0 saturated carbocycles. The predicted octanol–water partition coefficient (Wildman–Crippen LogP) is 5.34. The first-order valence-corrected chi connectivity index (χ1v) is 12.3. The van der Waals surface area contributed by atoms with E-state index in [1.54, 1.807) is 0 Å². The number of amides is 1. The Balaban J connectivity index is 1.63. The van der Waals surface area contributed by atoms with Gasteiger partial charge in [-0.25, -0.2) is 0 Å². The van der Waals surface area contributed by atoms with Crippen LogP contribution in [0.1, 0.15) is 26.7 Å². The zero-order valence-corrected chi connectivity index (χ0v) is 19.9. The summed E-state index contributed by atoms with van der Waals surface area (Å²) in [6.45, 7) is 6.42. The molecule has 1 atom stereocenters. The minimum atomic E-state index is 0.141. The van der Waals surface area contributed by atoms with Crippen LogP contribution >= 0.6 is 23.4 Å². The Hall–Kier alpha value is -2.51. The molecule has 1 amide bonds. The number of rotatable bonds is 7. The Bertz CT molecular complexity index is 1070. The number of thioether (sulfide) groups is 1. The fourth-order valence-electron chi connectivity index (χ4n) is 3.90. The first-order chi connectivity index (χ1) is 15.6. The Labute approximate surface area is 197 Å². The Morgan fingerprint density at radius 2 is 1.97 bits per heavy atom. The first kappa shape index (κ1) is 22.7. The van der Waals surface area contributed by atoms with Crippen LogP contribution in [0.5, 0.6) is 5.75 Å². The third kappa shape index (κ3) is 5.10. The molecule has 6 nitrogen and oxygen atoms in total. The second-order valence-electron chi connectivity index (χ2n) is 7.92. The van der Waals surface area contributed by atoms with Gasteiger partial charge in [-0.1, -0.05) is 42.4 Å². The summed E-state index contributed by atoms with van der Waals surface area (Å²) in [6, 6.07) is 15.3. The summed E-state index contributed by atoms with van der Waals surface area (Å²) in [4.78, 5) is 14.8. The summed E-state index contributed by atoms with van der Waals surface area (Å²) in [5, 5.41) is 10.1. The highest BCUT2D eigenvalue weighted by Gasteiger charge is 2.23. The minimum Gasteiger partial charge on any atom is -0.494 e. The number of benzene rings is 2. The van der Waals surface area contributed by atoms with Gasteiger partial charge in [0.25, 0.3) is 0 Å². The number of ether oxygens (including phenoxy) is 1. The third-order valence-corrected chi connectivity index (χ3v) is 6.73. The van der Waals surface area contributed by atoms with E-state index in [0.717, 1.165) is 36.5 Å². The molecule has 2 heterocycles. The Morgan fingerprint density at radius 1 is 1.19 bits per heavy atom. The second-order valence-corrected chi connectivity index (χ2v) is 9.27. The van der Waals surface area contributed by atoms with Crippen molar-refractivity contribution in [2.45, 2.75) is 31.8 Å². The fraction of sp³-hybridized carbons (Fsp3) is 0.375. The van der Waals surface area contributed by atoms with Gasteiger partial charge in [-0.3, -0.25) is 9.36 Å². The van der Waals surface area contributed by atoms with E-state index in [0.29, 0.717) is 34.3 Å². The summed E-state index contributed by atoms with van der Waals surface area (Å²) >= 11 is 7.87. The highest BCUT2D eigenvalue weighted by atomic mass is 35.5. The number of carbonyl (C=O) groups is 1. The van der Waals surface area contributed by atoms with Crippen molar-refractivity contribution >= 4 is 29.3 Å². The van der Waals surface area contributed by atoms with Crippen LogP contribution in [0, 0.1) is 5.92 Å². The van der Waals surface area contributed by atoms with Gasteiger partial charge in [0.05, 0.1) is 17.4 Å². The van der Waals surface area contributed by atoms with Crippen molar-refractivity contribution in [2.75, 3.05) is 25.4 Å². The number of carbonyl (C=O) groups excluding carboxylic acids is 1. The van der Waals surface area contributed by atoms with Gasteiger partial charge in [0.2, 0.25) is 5.91 Å². The lowest BCUT2D eigenvalue weighted by molar-refractivity contribution is -0.130. The molecule has 0 N–H and O–H groups in total. The van der Waals surface area contributed by atoms with Crippen LogP contribution < -0.4 is 4.74 Å². The van der Waals surface area contributed by atoms with Gasteiger partial charge in [0.15, 0.2) is 11.0 Å². The molecule has 1 saturated heterocycles. The van der Waals surface area contributed by atoms with Crippen LogP contribution in [0.2, 0.25) is 5.02 Å². The van der Waals surface area contributed by atoms with Crippen molar-refractivity contribution < 1.29 is 9.53 Å². The molecule has 1 aromatic heterocycles. The summed E-state index contributed by atoms with van der Waals surface area (Å²) in [7, 11) is 0. The SMILES string of the molecule is CCOc1ccc(-n2c(SCC(=O)N3CCCC(C)C3)nnc2-c2ccccc2Cl)cc1. The molecule has 0 spiro atoms. The molecular weight excluding hydrogens is 444 g/mol. The molecule has 1 aliphatic heterocycles. The molecule has 0 radical (unpaired) electrons. The molecule has 32 heavy (non-hydrogen) atoms. The van der Waals surface area contributed by atoms with E-state index in [9.17, 15) is 4.79 Å². The number of aromatic nitrogens is 3. The standard InChI is InChI=1S/C24H27ClN4O2S/c1-3-31-19-12-10-18(11-13-19)29-23(20-8-4-5-9-21(20)25)26-27-24(29)32-16-22(30)28-14-6-7-17(2)15-28/h4-5,8-13,17H,3,6-7,14-16H2,1-2H3. The van der Waals surface area contributed by atoms with E-state index in [2.05, 4.69) is 17.1 Å². The number of nitrogens with zero attached hydrogens (tertiary/aromatic N) is 4. The quantitative estimate of drug-likeness (QED) is 0.436. The largest absolute Gasteiger partial charge is 0.494 e. The van der Waals surface area contributed by atoms with Crippen molar-refractivity contribution in [2.24, 2.45) is 5.92 Å². The van der Waals surface area contributed by atoms with Crippen molar-refractivity contribution in [1.82, 2.24) is 19.7 Å². The first-order valence-electron chi connectivity index (χ1n) is 10.9. The van der Waals surface area contributed by atoms with E-state index in [4.69, 9.17) is 16.3 Å². The lowest BCUT2D eigenvalue weighted by Gasteiger charge is -2.30. The van der Waals surface area contributed by atoms with Gasteiger partial charge in [0, 0.05) is 24.3 Å². The maximum atomic E-state index is 12.8. The van der Waals surface area contributed by atoms with Gasteiger partial charge in [-0.2, -0.15) is 0 Å². The number of likely N-dealkylation sites (tertiary alicyclic amines) is 1. The summed E-state index contributed by atoms with van der Waals surface area (Å²) in [5.41, 5.74) is 1.67. The average molecular weight is 471 g/mol. The molecule has 1 unspecified atom stereocenters. The minimum absolute atomic E-state index is 0.141. The van der Waals surface area contributed by atoms with Crippen molar-refractivity contribution in [3.63, 3.8) is 0 Å². The molecule has 2 aromatic carbocycles. The van der Waals surface area contributed by atoms with Crippen LogP contribution in [0.4, 0.5) is 0 Å². The Kier molecular flexibility index (Phi) is 7.37. The van der Waals surface area contributed by atoms with E-state index in [-0.39, 0.29) is 5.91 Å². The highest BCUT2D eigenvalue weighted by molar-refractivity contribution is 7.99. The molecule has 1 aliphatic rings. The monoisotopic (exact) mass is 470 g/mol. The zero-order chi connectivity index (χ0) is 22.5. The lowest BCUT2D eigenvalue weighted by atomic mass is 10.0. The van der Waals surface area contributed by atoms with E-state index < -0.39 is 0 Å². The summed E-state index contributed by atoms with van der Waals surface area (Å²) in [6.07, 6.45) is 2.25. The van der Waals surface area contributed by atoms with Crippen LogP contribution in [-0.2, 0) is 4.79 Å². The average Bonchev–Trinajstić information content (AvgIpc) is 3.22. The van der Waals surface area contributed by atoms with Crippen LogP contribution in [0.3, 0.4) is 0 Å². The number of hydrogen-bond acceptors (Lipinski definition) is 5. The number of hydrogen-bond donors (Lipinski definition) is 0. The molecule has 3 aromatic rings. The van der Waals surface area contributed by atoms with Crippen molar-refractivity contribution in [1.29, 1.82) is 0 Å². The smallest absolute Gasteiger partial charge is 0.233 e. The highest BCUT2D eigenvalue weighted by Crippen LogP contribution is 2.32. The molecule has 4 rings (SSSR count). The van der Waals surface area contributed by atoms with Gasteiger partial charge in [0.1, 0.15) is 5.75 Å². The normalized spacial score (nSPS) is 16.2. The maximum Gasteiger partial charge on any atom is 0.233 e. The van der Waals surface area contributed by atoms with E-state index >= 15 is 0 Å². The maximum absolute atomic E-state index is 12.8. The number of piperidine rings is 1. The topological polar surface area (TPSA) is 60.2 Å². The molecular formula is C24H27ClN4O2S. The van der Waals surface area contributed by atoms with Gasteiger partial charge >= 0.3 is 0 Å². The third-order valence-electron chi connectivity index (χ3n) is 5.49. The lowest BCUT2D eigenvalue weighted by Crippen LogP contribution is -2.40. The Morgan fingerprint density at radius 3 is 2.69 bits per heavy atom. The molecule has 0 aliphatic carbocycles. The molecule has 0 bridgehead atoms. The van der Waals surface area contributed by atoms with Gasteiger partial charge < -0.3 is 9.64 Å². The molecule has 1 fully saturated rings. The van der Waals surface area contributed by atoms with Crippen molar-refractivity contribution in [3.8, 4) is 22.8 Å². The predicted molar refractivity (Wildman–Crippen MR) is 129 cm³/mol. The van der Waals surface area contributed by atoms with Crippen LogP contribution in [0.25, 0.3) is 17.1 Å². The number of halogens is 1. The van der Waals surface area contributed by atoms with E-state index in [1.165, 1.54) is 18.2 Å². The summed E-state index contributed by atoms with van der Waals surface area (Å²) in [5.74, 6) is 2.46. The van der Waals surface area contributed by atoms with E-state index in [1.807, 2.05) is 64.9 Å². The molecule has 8 heteroatoms. The second kappa shape index (κ2) is 10.4. The van der Waals surface area contributed by atoms with Crippen molar-refractivity contribution in [3.05, 3.63) is 53.6 Å². The molecule has 168 valence electrons. The zero-order valence-electron chi connectivity index (χ0n) is 18.3. The summed E-state index contributed by atoms with van der Waals surface area (Å²) < 4.78 is 7.53. The van der Waals surface area contributed by atoms with Crippen LogP contribution in [0.15, 0.2) is 53.7 Å². The van der Waals surface area contributed by atoms with Crippen LogP contribution in [-0.4, -0.2) is 51.0 Å².